The molecule has 94 valence electrons. The van der Waals surface area contributed by atoms with Gasteiger partial charge in [0.25, 0.3) is 0 Å². The SMILES string of the molecule is CSc1nsc(SC)c1C(=O)O/N=C(\N)CCl. The van der Waals surface area contributed by atoms with Crippen molar-refractivity contribution in [3.8, 4) is 0 Å². The molecule has 9 heteroatoms. The number of aromatic nitrogens is 1. The van der Waals surface area contributed by atoms with Gasteiger partial charge in [0, 0.05) is 0 Å². The summed E-state index contributed by atoms with van der Waals surface area (Å²) in [4.78, 5) is 16.5. The Morgan fingerprint density at radius 1 is 1.59 bits per heavy atom. The summed E-state index contributed by atoms with van der Waals surface area (Å²) in [5.41, 5.74) is 5.76. The molecule has 0 bridgehead atoms. The standard InChI is InChI=1S/C8H10ClN3O2S3/c1-15-6-5(8(16-2)17-12-6)7(13)14-11-4(10)3-9/h3H2,1-2H3,(H2,10,11). The van der Waals surface area contributed by atoms with E-state index in [1.165, 1.54) is 35.1 Å². The van der Waals surface area contributed by atoms with Crippen molar-refractivity contribution in [2.24, 2.45) is 10.9 Å². The molecule has 0 saturated heterocycles. The van der Waals surface area contributed by atoms with Gasteiger partial charge in [0.05, 0.1) is 10.1 Å². The first-order chi connectivity index (χ1) is 8.13. The molecule has 0 aliphatic heterocycles. The van der Waals surface area contributed by atoms with E-state index >= 15 is 0 Å². The van der Waals surface area contributed by atoms with Gasteiger partial charge in [0.2, 0.25) is 0 Å². The topological polar surface area (TPSA) is 77.6 Å². The molecule has 0 unspecified atom stereocenters. The normalized spacial score (nSPS) is 11.6. The Morgan fingerprint density at radius 3 is 2.82 bits per heavy atom. The number of hydrogen-bond acceptors (Lipinski definition) is 7. The molecule has 17 heavy (non-hydrogen) atoms. The summed E-state index contributed by atoms with van der Waals surface area (Å²) >= 11 is 9.48. The molecule has 1 heterocycles. The van der Waals surface area contributed by atoms with E-state index in [1.54, 1.807) is 0 Å². The third-order valence-corrected chi connectivity index (χ3v) is 4.61. The van der Waals surface area contributed by atoms with Crippen LogP contribution in [-0.2, 0) is 4.84 Å². The van der Waals surface area contributed by atoms with Crippen LogP contribution in [0.15, 0.2) is 14.4 Å². The Bertz CT molecular complexity index is 414. The van der Waals surface area contributed by atoms with Crippen LogP contribution in [0.2, 0.25) is 0 Å². The minimum atomic E-state index is -0.569. The van der Waals surface area contributed by atoms with Crippen LogP contribution in [0.4, 0.5) is 0 Å². The maximum atomic E-state index is 11.8. The summed E-state index contributed by atoms with van der Waals surface area (Å²) in [5.74, 6) is -0.500. The molecule has 5 nitrogen and oxygen atoms in total. The average molecular weight is 312 g/mol. The fraction of sp³-hybridized carbons (Fsp3) is 0.375. The Labute approximate surface area is 116 Å². The van der Waals surface area contributed by atoms with Gasteiger partial charge in [0.1, 0.15) is 10.6 Å². The first kappa shape index (κ1) is 14.6. The van der Waals surface area contributed by atoms with Gasteiger partial charge in [-0.05, 0) is 24.0 Å². The van der Waals surface area contributed by atoms with E-state index < -0.39 is 5.97 Å². The molecule has 1 aromatic rings. The molecule has 0 amide bonds. The summed E-state index contributed by atoms with van der Waals surface area (Å²) in [5, 5.41) is 4.05. The van der Waals surface area contributed by atoms with Crippen LogP contribution in [0, 0.1) is 0 Å². The maximum Gasteiger partial charge on any atom is 0.370 e. The summed E-state index contributed by atoms with van der Waals surface area (Å²) in [6.07, 6.45) is 3.71. The lowest BCUT2D eigenvalue weighted by molar-refractivity contribution is 0.0508. The number of nitrogens with two attached hydrogens (primary N) is 1. The van der Waals surface area contributed by atoms with Crippen molar-refractivity contribution >= 4 is 58.5 Å². The third-order valence-electron chi connectivity index (χ3n) is 1.60. The number of oxime groups is 1. The van der Waals surface area contributed by atoms with Crippen molar-refractivity contribution in [1.29, 1.82) is 0 Å². The molecule has 0 aliphatic carbocycles. The molecule has 2 N–H and O–H groups in total. The molecule has 0 radical (unpaired) electrons. The minimum absolute atomic E-state index is 0.0138. The monoisotopic (exact) mass is 311 g/mol. The van der Waals surface area contributed by atoms with Crippen LogP contribution in [0.25, 0.3) is 0 Å². The number of carbonyl (C=O) groups is 1. The highest BCUT2D eigenvalue weighted by atomic mass is 35.5. The Hall–Kier alpha value is -0.440. The van der Waals surface area contributed by atoms with E-state index in [1.807, 2.05) is 12.5 Å². The minimum Gasteiger partial charge on any atom is -0.383 e. The highest BCUT2D eigenvalue weighted by Crippen LogP contribution is 2.33. The Balaban J connectivity index is 2.91. The number of halogens is 1. The van der Waals surface area contributed by atoms with Gasteiger partial charge in [0.15, 0.2) is 5.84 Å². The molecule has 0 saturated carbocycles. The van der Waals surface area contributed by atoms with Gasteiger partial charge >= 0.3 is 5.97 Å². The fourth-order valence-electron chi connectivity index (χ4n) is 0.881. The summed E-state index contributed by atoms with van der Waals surface area (Å²) in [6, 6.07) is 0. The largest absolute Gasteiger partial charge is 0.383 e. The Kier molecular flexibility index (Phi) is 6.10. The van der Waals surface area contributed by atoms with Crippen molar-refractivity contribution < 1.29 is 9.63 Å². The van der Waals surface area contributed by atoms with Gasteiger partial charge in [-0.25, -0.2) is 4.79 Å². The number of amidine groups is 1. The highest BCUT2D eigenvalue weighted by molar-refractivity contribution is 8.01. The molecule has 0 atom stereocenters. The van der Waals surface area contributed by atoms with Crippen LogP contribution in [0.3, 0.4) is 0 Å². The first-order valence-corrected chi connectivity index (χ1v) is 8.07. The smallest absolute Gasteiger partial charge is 0.370 e. The maximum absolute atomic E-state index is 11.8. The quantitative estimate of drug-likeness (QED) is 0.224. The lowest BCUT2D eigenvalue weighted by Gasteiger charge is -2.00. The number of nitrogens with zero attached hydrogens (tertiary/aromatic N) is 2. The van der Waals surface area contributed by atoms with Gasteiger partial charge < -0.3 is 10.6 Å². The predicted octanol–water partition coefficient (Wildman–Crippen LogP) is 2.25. The zero-order valence-corrected chi connectivity index (χ0v) is 12.3. The third kappa shape index (κ3) is 3.77. The average Bonchev–Trinajstić information content (AvgIpc) is 2.78. The van der Waals surface area contributed by atoms with Crippen molar-refractivity contribution in [2.75, 3.05) is 18.4 Å². The van der Waals surface area contributed by atoms with E-state index in [2.05, 4.69) is 9.53 Å². The van der Waals surface area contributed by atoms with Crippen LogP contribution < -0.4 is 5.73 Å². The van der Waals surface area contributed by atoms with Crippen molar-refractivity contribution in [3.05, 3.63) is 5.56 Å². The van der Waals surface area contributed by atoms with E-state index in [9.17, 15) is 4.79 Å². The second-order valence-corrected chi connectivity index (χ2v) is 5.56. The van der Waals surface area contributed by atoms with Crippen LogP contribution in [0.1, 0.15) is 10.4 Å². The van der Waals surface area contributed by atoms with Crippen molar-refractivity contribution in [1.82, 2.24) is 4.37 Å². The molecule has 1 rings (SSSR count). The lowest BCUT2D eigenvalue weighted by Crippen LogP contribution is -2.15. The molecular formula is C8H10ClN3O2S3. The summed E-state index contributed by atoms with van der Waals surface area (Å²) in [7, 11) is 0. The van der Waals surface area contributed by atoms with Crippen LogP contribution in [-0.4, -0.2) is 34.6 Å². The second kappa shape index (κ2) is 7.10. The number of carbonyl (C=O) groups excluding carboxylic acids is 1. The number of hydrogen-bond donors (Lipinski definition) is 1. The number of alkyl halides is 1. The molecule has 0 fully saturated rings. The number of rotatable bonds is 5. The van der Waals surface area contributed by atoms with Crippen molar-refractivity contribution in [3.63, 3.8) is 0 Å². The molecule has 0 aromatic carbocycles. The van der Waals surface area contributed by atoms with E-state index in [0.29, 0.717) is 10.6 Å². The molecule has 0 aliphatic rings. The van der Waals surface area contributed by atoms with Crippen molar-refractivity contribution in [2.45, 2.75) is 9.24 Å². The highest BCUT2D eigenvalue weighted by Gasteiger charge is 2.21. The zero-order chi connectivity index (χ0) is 12.8. The van der Waals surface area contributed by atoms with E-state index in [0.717, 1.165) is 4.21 Å². The molecule has 0 spiro atoms. The van der Waals surface area contributed by atoms with E-state index in [-0.39, 0.29) is 11.7 Å². The predicted molar refractivity (Wildman–Crippen MR) is 73.4 cm³/mol. The van der Waals surface area contributed by atoms with Gasteiger partial charge in [-0.15, -0.1) is 35.1 Å². The first-order valence-electron chi connectivity index (χ1n) is 4.31. The fourth-order valence-corrected chi connectivity index (χ4v) is 3.18. The lowest BCUT2D eigenvalue weighted by atomic mass is 10.4. The molecular weight excluding hydrogens is 302 g/mol. The second-order valence-electron chi connectivity index (χ2n) is 2.65. The van der Waals surface area contributed by atoms with Crippen LogP contribution in [0.5, 0.6) is 0 Å². The Morgan fingerprint density at radius 2 is 2.29 bits per heavy atom. The number of thioether (sulfide) groups is 2. The zero-order valence-electron chi connectivity index (χ0n) is 9.10. The van der Waals surface area contributed by atoms with Gasteiger partial charge in [-0.2, -0.15) is 4.37 Å². The van der Waals surface area contributed by atoms with E-state index in [4.69, 9.17) is 22.2 Å². The van der Waals surface area contributed by atoms with Gasteiger partial charge in [-0.3, -0.25) is 0 Å². The van der Waals surface area contributed by atoms with Crippen LogP contribution >= 0.6 is 46.7 Å². The summed E-state index contributed by atoms with van der Waals surface area (Å²) in [6.45, 7) is 0. The summed E-state index contributed by atoms with van der Waals surface area (Å²) < 4.78 is 4.94. The van der Waals surface area contributed by atoms with Gasteiger partial charge in [-0.1, -0.05) is 5.16 Å². The molecule has 1 aromatic heterocycles.